The summed E-state index contributed by atoms with van der Waals surface area (Å²) in [5.74, 6) is 0.853. The highest BCUT2D eigenvalue weighted by Gasteiger charge is 2.17. The maximum absolute atomic E-state index is 6.41. The van der Waals surface area contributed by atoms with E-state index in [2.05, 4.69) is 90.8 Å². The van der Waals surface area contributed by atoms with E-state index < -0.39 is 0 Å². The summed E-state index contributed by atoms with van der Waals surface area (Å²) in [6, 6.07) is 31.4. The molecule has 0 aliphatic heterocycles. The Hall–Kier alpha value is -3.62. The fraction of sp³-hybridized carbons (Fsp3) is 0.0357. The number of nitrogens with one attached hydrogen (secondary N) is 1. The van der Waals surface area contributed by atoms with Crippen LogP contribution in [-0.4, -0.2) is 9.97 Å². The first-order valence-electron chi connectivity index (χ1n) is 10.4. The van der Waals surface area contributed by atoms with E-state index in [1.54, 1.807) is 0 Å². The van der Waals surface area contributed by atoms with Gasteiger partial charge in [-0.25, -0.2) is 4.98 Å². The molecule has 0 atom stereocenters. The van der Waals surface area contributed by atoms with E-state index in [0.29, 0.717) is 5.02 Å². The fourth-order valence-corrected chi connectivity index (χ4v) is 4.74. The second-order valence-electron chi connectivity index (χ2n) is 7.91. The van der Waals surface area contributed by atoms with Gasteiger partial charge in [0, 0.05) is 21.4 Å². The summed E-state index contributed by atoms with van der Waals surface area (Å²) in [6.45, 7) is 2.12. The van der Waals surface area contributed by atoms with E-state index in [1.165, 1.54) is 21.7 Å². The van der Waals surface area contributed by atoms with Gasteiger partial charge in [0.05, 0.1) is 11.0 Å². The van der Waals surface area contributed by atoms with Gasteiger partial charge >= 0.3 is 0 Å². The first-order chi connectivity index (χ1) is 15.2. The molecule has 0 spiro atoms. The molecule has 2 nitrogen and oxygen atoms in total. The van der Waals surface area contributed by atoms with Crippen molar-refractivity contribution in [1.82, 2.24) is 9.97 Å². The summed E-state index contributed by atoms with van der Waals surface area (Å²) in [6.07, 6.45) is 0. The molecule has 6 rings (SSSR count). The van der Waals surface area contributed by atoms with Crippen LogP contribution in [0.3, 0.4) is 0 Å². The maximum atomic E-state index is 6.41. The smallest absolute Gasteiger partial charge is 0.139 e. The lowest BCUT2D eigenvalue weighted by Gasteiger charge is -2.11. The Bertz CT molecular complexity index is 1540. The van der Waals surface area contributed by atoms with Crippen LogP contribution in [0.4, 0.5) is 0 Å². The summed E-state index contributed by atoms with van der Waals surface area (Å²) in [5, 5.41) is 5.51. The molecule has 3 heteroatoms. The second-order valence-corrected chi connectivity index (χ2v) is 8.34. The van der Waals surface area contributed by atoms with Gasteiger partial charge in [0.2, 0.25) is 0 Å². The first kappa shape index (κ1) is 18.2. The van der Waals surface area contributed by atoms with Crippen molar-refractivity contribution in [2.45, 2.75) is 6.92 Å². The molecule has 0 fully saturated rings. The summed E-state index contributed by atoms with van der Waals surface area (Å²) in [5.41, 5.74) is 6.56. The van der Waals surface area contributed by atoms with Crippen LogP contribution < -0.4 is 0 Å². The number of nitrogens with zero attached hydrogens (tertiary/aromatic N) is 1. The van der Waals surface area contributed by atoms with E-state index in [0.717, 1.165) is 38.9 Å². The molecule has 1 aromatic heterocycles. The molecule has 0 aliphatic carbocycles. The van der Waals surface area contributed by atoms with Gasteiger partial charge in [-0.2, -0.15) is 0 Å². The van der Waals surface area contributed by atoms with Gasteiger partial charge in [-0.3, -0.25) is 0 Å². The monoisotopic (exact) mass is 418 g/mol. The molecule has 0 aliphatic rings. The largest absolute Gasteiger partial charge is 0.337 e. The highest BCUT2D eigenvalue weighted by Crippen LogP contribution is 2.38. The SMILES string of the molecule is Cc1ccccc1-c1cc(Cl)ccc1-c1nc2c3ccccc3c3ccccc3c2[nH]1. The molecule has 0 bridgehead atoms. The van der Waals surface area contributed by atoms with Crippen molar-refractivity contribution in [3.8, 4) is 22.5 Å². The zero-order chi connectivity index (χ0) is 20.9. The van der Waals surface area contributed by atoms with E-state index in [4.69, 9.17) is 16.6 Å². The number of hydrogen-bond donors (Lipinski definition) is 1. The topological polar surface area (TPSA) is 28.7 Å². The average molecular weight is 419 g/mol. The van der Waals surface area contributed by atoms with Crippen LogP contribution in [0.1, 0.15) is 5.56 Å². The number of aromatic amines is 1. The van der Waals surface area contributed by atoms with E-state index in [1.807, 2.05) is 12.1 Å². The standard InChI is InChI=1S/C28H19ClN2/c1-17-8-2-3-9-19(17)25-16-18(29)14-15-24(25)28-30-26-22-12-6-4-10-20(22)21-11-5-7-13-23(21)27(26)31-28/h2-16H,1H3,(H,30,31). The van der Waals surface area contributed by atoms with Crippen LogP contribution in [0.25, 0.3) is 55.1 Å². The zero-order valence-electron chi connectivity index (χ0n) is 17.0. The molecule has 0 unspecified atom stereocenters. The van der Waals surface area contributed by atoms with Crippen LogP contribution >= 0.6 is 11.6 Å². The number of halogens is 1. The number of aromatic nitrogens is 2. The van der Waals surface area contributed by atoms with Crippen LogP contribution in [0.15, 0.2) is 91.0 Å². The van der Waals surface area contributed by atoms with Gasteiger partial charge in [-0.1, -0.05) is 84.4 Å². The Labute approximate surface area is 185 Å². The quantitative estimate of drug-likeness (QED) is 0.282. The Morgan fingerprint density at radius 2 is 1.29 bits per heavy atom. The summed E-state index contributed by atoms with van der Waals surface area (Å²) in [7, 11) is 0. The molecule has 31 heavy (non-hydrogen) atoms. The third kappa shape index (κ3) is 2.83. The van der Waals surface area contributed by atoms with Crippen molar-refractivity contribution in [2.75, 3.05) is 0 Å². The molecule has 6 aromatic rings. The second kappa shape index (κ2) is 6.97. The highest BCUT2D eigenvalue weighted by molar-refractivity contribution is 6.31. The first-order valence-corrected chi connectivity index (χ1v) is 10.7. The zero-order valence-corrected chi connectivity index (χ0v) is 17.7. The lowest BCUT2D eigenvalue weighted by atomic mass is 9.96. The molecule has 0 amide bonds. The lowest BCUT2D eigenvalue weighted by Crippen LogP contribution is -1.89. The van der Waals surface area contributed by atoms with Crippen molar-refractivity contribution in [3.05, 3.63) is 102 Å². The third-order valence-electron chi connectivity index (χ3n) is 6.04. The Kier molecular flexibility index (Phi) is 4.09. The minimum atomic E-state index is 0.717. The van der Waals surface area contributed by atoms with E-state index in [9.17, 15) is 0 Å². The third-order valence-corrected chi connectivity index (χ3v) is 6.28. The number of imidazole rings is 1. The normalized spacial score (nSPS) is 11.5. The van der Waals surface area contributed by atoms with Gasteiger partial charge in [0.15, 0.2) is 0 Å². The van der Waals surface area contributed by atoms with Crippen molar-refractivity contribution < 1.29 is 0 Å². The van der Waals surface area contributed by atoms with Gasteiger partial charge in [-0.15, -0.1) is 0 Å². The molecule has 148 valence electrons. The number of H-pyrrole nitrogens is 1. The van der Waals surface area contributed by atoms with Crippen LogP contribution in [-0.2, 0) is 0 Å². The molecular weight excluding hydrogens is 400 g/mol. The van der Waals surface area contributed by atoms with Crippen molar-refractivity contribution in [3.63, 3.8) is 0 Å². The maximum Gasteiger partial charge on any atom is 0.139 e. The van der Waals surface area contributed by atoms with Gasteiger partial charge < -0.3 is 4.98 Å². The van der Waals surface area contributed by atoms with Gasteiger partial charge in [0.1, 0.15) is 5.82 Å². The molecule has 1 N–H and O–H groups in total. The van der Waals surface area contributed by atoms with Crippen molar-refractivity contribution >= 4 is 44.2 Å². The van der Waals surface area contributed by atoms with Crippen molar-refractivity contribution in [1.29, 1.82) is 0 Å². The predicted octanol–water partition coefficient (Wildman–Crippen LogP) is 8.17. The Morgan fingerprint density at radius 3 is 2.06 bits per heavy atom. The molecule has 5 aromatic carbocycles. The molecule has 0 saturated carbocycles. The molecule has 0 saturated heterocycles. The molecular formula is C28H19ClN2. The van der Waals surface area contributed by atoms with Gasteiger partial charge in [0.25, 0.3) is 0 Å². The summed E-state index contributed by atoms with van der Waals surface area (Å²) >= 11 is 6.41. The minimum Gasteiger partial charge on any atom is -0.337 e. The number of hydrogen-bond acceptors (Lipinski definition) is 1. The lowest BCUT2D eigenvalue weighted by molar-refractivity contribution is 1.33. The number of fused-ring (bicyclic) bond motifs is 6. The molecule has 1 heterocycles. The van der Waals surface area contributed by atoms with E-state index >= 15 is 0 Å². The number of rotatable bonds is 2. The van der Waals surface area contributed by atoms with E-state index in [-0.39, 0.29) is 0 Å². The number of benzene rings is 5. The Balaban J connectivity index is 1.71. The van der Waals surface area contributed by atoms with Crippen molar-refractivity contribution in [2.24, 2.45) is 0 Å². The fourth-order valence-electron chi connectivity index (χ4n) is 4.57. The minimum absolute atomic E-state index is 0.717. The van der Waals surface area contributed by atoms with Crippen LogP contribution in [0.5, 0.6) is 0 Å². The Morgan fingerprint density at radius 1 is 0.645 bits per heavy atom. The summed E-state index contributed by atoms with van der Waals surface area (Å²) < 4.78 is 0. The highest BCUT2D eigenvalue weighted by atomic mass is 35.5. The average Bonchev–Trinajstić information content (AvgIpc) is 3.25. The van der Waals surface area contributed by atoms with Gasteiger partial charge in [-0.05, 0) is 52.6 Å². The predicted molar refractivity (Wildman–Crippen MR) is 132 cm³/mol. The summed E-state index contributed by atoms with van der Waals surface area (Å²) in [4.78, 5) is 8.75. The van der Waals surface area contributed by atoms with Crippen LogP contribution in [0.2, 0.25) is 5.02 Å². The molecule has 0 radical (unpaired) electrons. The van der Waals surface area contributed by atoms with Crippen LogP contribution in [0, 0.1) is 6.92 Å². The number of aryl methyl sites for hydroxylation is 1.